The summed E-state index contributed by atoms with van der Waals surface area (Å²) >= 11 is 0. The second-order valence-electron chi connectivity index (χ2n) is 5.93. The van der Waals surface area contributed by atoms with Gasteiger partial charge in [0.2, 0.25) is 0 Å². The van der Waals surface area contributed by atoms with Gasteiger partial charge in [-0.2, -0.15) is 8.42 Å². The molecule has 0 aliphatic rings. The first-order valence-corrected chi connectivity index (χ1v) is 9.90. The van der Waals surface area contributed by atoms with Crippen molar-refractivity contribution in [1.29, 1.82) is 0 Å². The minimum absolute atomic E-state index is 0. The number of rotatable bonds is 9. The number of ether oxygens (including phenoxy) is 1. The third-order valence-corrected chi connectivity index (χ3v) is 4.84. The van der Waals surface area contributed by atoms with Crippen molar-refractivity contribution in [2.45, 2.75) is 50.3 Å². The Morgan fingerprint density at radius 2 is 1.69 bits per heavy atom. The zero-order valence-corrected chi connectivity index (χ0v) is 18.1. The molecule has 0 fully saturated rings. The van der Waals surface area contributed by atoms with Crippen LogP contribution in [0.3, 0.4) is 0 Å². The van der Waals surface area contributed by atoms with Gasteiger partial charge in [0.05, 0.1) is 0 Å². The molecule has 0 amide bonds. The van der Waals surface area contributed by atoms with E-state index in [0.717, 1.165) is 31.2 Å². The van der Waals surface area contributed by atoms with Crippen molar-refractivity contribution in [1.82, 2.24) is 0 Å². The molecule has 0 saturated heterocycles. The topological polar surface area (TPSA) is 86.7 Å². The molecule has 0 unspecified atom stereocenters. The van der Waals surface area contributed by atoms with Crippen LogP contribution in [0.1, 0.15) is 44.6 Å². The maximum atomic E-state index is 12.2. The maximum Gasteiger partial charge on any atom is 1.00 e. The fraction of sp³-hybridized carbons (Fsp3) is 0.368. The summed E-state index contributed by atoms with van der Waals surface area (Å²) in [6.07, 6.45) is 6.18. The van der Waals surface area contributed by atoms with E-state index < -0.39 is 10.1 Å². The van der Waals surface area contributed by atoms with Crippen LogP contribution in [0.15, 0.2) is 47.4 Å². The van der Waals surface area contributed by atoms with Gasteiger partial charge in [-0.1, -0.05) is 68.7 Å². The van der Waals surface area contributed by atoms with E-state index in [4.69, 9.17) is 4.74 Å². The van der Waals surface area contributed by atoms with Crippen LogP contribution in [0.2, 0.25) is 0 Å². The van der Waals surface area contributed by atoms with E-state index in [9.17, 15) is 18.1 Å². The molecule has 0 heterocycles. The zero-order valence-electron chi connectivity index (χ0n) is 15.3. The van der Waals surface area contributed by atoms with Crippen molar-refractivity contribution in [3.63, 3.8) is 0 Å². The molecular formula is C19H23NaO5S. The van der Waals surface area contributed by atoms with Gasteiger partial charge in [-0.25, -0.2) is 0 Å². The van der Waals surface area contributed by atoms with Crippen molar-refractivity contribution >= 4 is 10.1 Å². The summed E-state index contributed by atoms with van der Waals surface area (Å²) < 4.78 is 37.9. The largest absolute Gasteiger partial charge is 1.00 e. The molecule has 0 aliphatic carbocycles. The van der Waals surface area contributed by atoms with Crippen LogP contribution in [0.25, 0.3) is 0 Å². The minimum atomic E-state index is -4.43. The molecule has 0 aromatic heterocycles. The number of benzene rings is 2. The molecule has 7 heteroatoms. The molecule has 0 aliphatic heterocycles. The SMILES string of the molecule is CCCCCCCc1cccc([O-])c1Oc1ccccc1S(=O)(=O)O.[Na+]. The first kappa shape index (κ1) is 23.0. The van der Waals surface area contributed by atoms with E-state index in [2.05, 4.69) is 6.92 Å². The molecule has 0 atom stereocenters. The molecule has 2 aromatic rings. The normalized spacial score (nSPS) is 11.0. The molecular weight excluding hydrogens is 363 g/mol. The molecule has 26 heavy (non-hydrogen) atoms. The van der Waals surface area contributed by atoms with Crippen LogP contribution in [-0.2, 0) is 16.5 Å². The first-order chi connectivity index (χ1) is 11.9. The van der Waals surface area contributed by atoms with E-state index in [1.54, 1.807) is 12.1 Å². The number of unbranched alkanes of at least 4 members (excludes halogenated alkanes) is 4. The number of hydrogen-bond donors (Lipinski definition) is 1. The van der Waals surface area contributed by atoms with Gasteiger partial charge in [-0.15, -0.1) is 0 Å². The zero-order chi connectivity index (χ0) is 18.3. The van der Waals surface area contributed by atoms with Crippen molar-refractivity contribution in [3.05, 3.63) is 48.0 Å². The molecule has 0 radical (unpaired) electrons. The molecule has 0 spiro atoms. The predicted octanol–water partition coefficient (Wildman–Crippen LogP) is 1.32. The van der Waals surface area contributed by atoms with Crippen molar-refractivity contribution in [3.8, 4) is 17.2 Å². The second kappa shape index (κ2) is 10.9. The van der Waals surface area contributed by atoms with Gasteiger partial charge in [0.25, 0.3) is 10.1 Å². The summed E-state index contributed by atoms with van der Waals surface area (Å²) in [4.78, 5) is -0.354. The van der Waals surface area contributed by atoms with Crippen LogP contribution in [0.4, 0.5) is 0 Å². The second-order valence-corrected chi connectivity index (χ2v) is 7.32. The van der Waals surface area contributed by atoms with Gasteiger partial charge in [-0.05, 0) is 30.5 Å². The predicted molar refractivity (Wildman–Crippen MR) is 94.7 cm³/mol. The number of hydrogen-bond acceptors (Lipinski definition) is 4. The third-order valence-electron chi connectivity index (χ3n) is 3.95. The van der Waals surface area contributed by atoms with E-state index >= 15 is 0 Å². The fourth-order valence-electron chi connectivity index (χ4n) is 2.65. The van der Waals surface area contributed by atoms with Crippen molar-refractivity contribution in [2.24, 2.45) is 0 Å². The molecule has 2 aromatic carbocycles. The van der Waals surface area contributed by atoms with Gasteiger partial charge < -0.3 is 9.84 Å². The number of aryl methyl sites for hydroxylation is 1. The van der Waals surface area contributed by atoms with Gasteiger partial charge in [0.15, 0.2) is 0 Å². The fourth-order valence-corrected chi connectivity index (χ4v) is 3.27. The van der Waals surface area contributed by atoms with Crippen molar-refractivity contribution in [2.75, 3.05) is 0 Å². The summed E-state index contributed by atoms with van der Waals surface area (Å²) in [5, 5.41) is 12.2. The Kier molecular flexibility index (Phi) is 9.68. The molecule has 2 rings (SSSR count). The Labute approximate surface area is 177 Å². The monoisotopic (exact) mass is 386 g/mol. The molecule has 1 N–H and O–H groups in total. The Hall–Kier alpha value is -1.05. The van der Waals surface area contributed by atoms with Gasteiger partial charge in [0, 0.05) is 0 Å². The summed E-state index contributed by atoms with van der Waals surface area (Å²) in [5.74, 6) is -0.245. The van der Waals surface area contributed by atoms with Crippen molar-refractivity contribution < 1.29 is 52.4 Å². The van der Waals surface area contributed by atoms with E-state index in [1.165, 1.54) is 30.7 Å². The maximum absolute atomic E-state index is 12.2. The Bertz CT molecular complexity index is 805. The Balaban J connectivity index is 0.00000338. The van der Waals surface area contributed by atoms with E-state index in [1.807, 2.05) is 6.07 Å². The van der Waals surface area contributed by atoms with Crippen LogP contribution >= 0.6 is 0 Å². The minimum Gasteiger partial charge on any atom is -0.870 e. The quantitative estimate of drug-likeness (QED) is 0.399. The average molecular weight is 386 g/mol. The summed E-state index contributed by atoms with van der Waals surface area (Å²) in [6, 6.07) is 10.6. The van der Waals surface area contributed by atoms with Gasteiger partial charge in [-0.3, -0.25) is 4.55 Å². The first-order valence-electron chi connectivity index (χ1n) is 8.46. The van der Waals surface area contributed by atoms with E-state index in [-0.39, 0.29) is 51.7 Å². The molecule has 0 saturated carbocycles. The van der Waals surface area contributed by atoms with Gasteiger partial charge in [0.1, 0.15) is 16.4 Å². The standard InChI is InChI=1S/C19H24O5S.Na/c1-2-3-4-5-6-10-15-11-9-12-16(20)19(15)24-17-13-7-8-14-18(17)25(21,22)23;/h7-9,11-14,20H,2-6,10H2,1H3,(H,21,22,23);/q;+1/p-1. The number of para-hydroxylation sites is 2. The molecule has 0 bridgehead atoms. The third kappa shape index (κ3) is 6.59. The summed E-state index contributed by atoms with van der Waals surface area (Å²) in [5.41, 5.74) is 0.745. The smallest absolute Gasteiger partial charge is 0.870 e. The summed E-state index contributed by atoms with van der Waals surface area (Å²) in [6.45, 7) is 2.15. The Morgan fingerprint density at radius 1 is 1.00 bits per heavy atom. The van der Waals surface area contributed by atoms with Crippen LogP contribution in [0, 0.1) is 0 Å². The van der Waals surface area contributed by atoms with Crippen LogP contribution < -0.4 is 39.4 Å². The Morgan fingerprint density at radius 3 is 2.38 bits per heavy atom. The average Bonchev–Trinajstić information content (AvgIpc) is 2.57. The van der Waals surface area contributed by atoms with Crippen LogP contribution in [0.5, 0.6) is 17.2 Å². The summed E-state index contributed by atoms with van der Waals surface area (Å²) in [7, 11) is -4.43. The van der Waals surface area contributed by atoms with E-state index in [0.29, 0.717) is 6.42 Å². The molecule has 5 nitrogen and oxygen atoms in total. The van der Waals surface area contributed by atoms with Gasteiger partial charge >= 0.3 is 29.6 Å². The molecule has 136 valence electrons. The van der Waals surface area contributed by atoms with Crippen LogP contribution in [-0.4, -0.2) is 13.0 Å².